The van der Waals surface area contributed by atoms with Crippen LogP contribution < -0.4 is 14.8 Å². The zero-order chi connectivity index (χ0) is 17.8. The summed E-state index contributed by atoms with van der Waals surface area (Å²) in [5, 5.41) is 7.01. The number of carbonyl (C=O) groups excluding carboxylic acids is 1. The summed E-state index contributed by atoms with van der Waals surface area (Å²) in [4.78, 5) is 16.3. The number of rotatable bonds is 5. The van der Waals surface area contributed by atoms with Crippen molar-refractivity contribution >= 4 is 5.91 Å². The van der Waals surface area contributed by atoms with Gasteiger partial charge in [-0.2, -0.15) is 5.10 Å². The van der Waals surface area contributed by atoms with Crippen molar-refractivity contribution < 1.29 is 14.3 Å². The Kier molecular flexibility index (Phi) is 4.51. The van der Waals surface area contributed by atoms with Crippen molar-refractivity contribution in [3.8, 4) is 11.5 Å². The number of hydrogen-bond acceptors (Lipinski definition) is 5. The summed E-state index contributed by atoms with van der Waals surface area (Å²) in [6.07, 6.45) is 3.20. The van der Waals surface area contributed by atoms with E-state index in [1.807, 2.05) is 24.3 Å². The molecule has 132 valence electrons. The van der Waals surface area contributed by atoms with Crippen LogP contribution >= 0.6 is 0 Å². The molecule has 0 spiro atoms. The van der Waals surface area contributed by atoms with Crippen LogP contribution in [-0.4, -0.2) is 33.9 Å². The molecule has 0 unspecified atom stereocenters. The van der Waals surface area contributed by atoms with Crippen molar-refractivity contribution in [1.82, 2.24) is 20.1 Å². The highest BCUT2D eigenvalue weighted by Crippen LogP contribution is 2.30. The number of benzene rings is 2. The average Bonchev–Trinajstić information content (AvgIpc) is 3.20. The van der Waals surface area contributed by atoms with Crippen molar-refractivity contribution in [2.45, 2.75) is 13.1 Å². The molecule has 0 saturated heterocycles. The Labute approximate surface area is 150 Å². The first-order valence-corrected chi connectivity index (χ1v) is 8.36. The highest BCUT2D eigenvalue weighted by molar-refractivity contribution is 5.94. The number of fused-ring (bicyclic) bond motifs is 1. The molecule has 0 saturated carbocycles. The Morgan fingerprint density at radius 3 is 2.58 bits per heavy atom. The van der Waals surface area contributed by atoms with Gasteiger partial charge in [-0.1, -0.05) is 24.3 Å². The number of carbonyl (C=O) groups is 1. The topological polar surface area (TPSA) is 78.3 Å². The van der Waals surface area contributed by atoms with E-state index >= 15 is 0 Å². The van der Waals surface area contributed by atoms with E-state index in [9.17, 15) is 4.79 Å². The third kappa shape index (κ3) is 3.66. The molecule has 4 rings (SSSR count). The molecule has 3 aromatic rings. The van der Waals surface area contributed by atoms with Crippen molar-refractivity contribution in [1.29, 1.82) is 0 Å². The first kappa shape index (κ1) is 16.1. The number of nitrogens with one attached hydrogen (secondary N) is 1. The Morgan fingerprint density at radius 2 is 1.81 bits per heavy atom. The predicted octanol–water partition coefficient (Wildman–Crippen LogP) is 2.03. The maximum atomic E-state index is 12.4. The summed E-state index contributed by atoms with van der Waals surface area (Å²) in [5.74, 6) is 1.14. The quantitative estimate of drug-likeness (QED) is 0.762. The number of hydrogen-bond donors (Lipinski definition) is 1. The third-order valence-corrected chi connectivity index (χ3v) is 4.09. The van der Waals surface area contributed by atoms with Gasteiger partial charge in [0.05, 0.1) is 6.54 Å². The van der Waals surface area contributed by atoms with Crippen LogP contribution in [0.4, 0.5) is 0 Å². The standard InChI is InChI=1S/C19H18N4O3/c24-19(16-5-6-17-18(9-16)26-8-7-25-17)21-10-14-1-3-15(4-2-14)11-23-13-20-12-22-23/h1-6,9,12-13H,7-8,10-11H2,(H,21,24). The van der Waals surface area contributed by atoms with Crippen molar-refractivity contribution in [2.24, 2.45) is 0 Å². The van der Waals surface area contributed by atoms with E-state index in [1.165, 1.54) is 6.33 Å². The number of nitrogens with zero attached hydrogens (tertiary/aromatic N) is 3. The largest absolute Gasteiger partial charge is 0.486 e. The molecular weight excluding hydrogens is 332 g/mol. The van der Waals surface area contributed by atoms with Crippen LogP contribution in [0, 0.1) is 0 Å². The average molecular weight is 350 g/mol. The third-order valence-electron chi connectivity index (χ3n) is 4.09. The van der Waals surface area contributed by atoms with E-state index in [-0.39, 0.29) is 5.91 Å². The highest BCUT2D eigenvalue weighted by Gasteiger charge is 2.14. The maximum absolute atomic E-state index is 12.4. The second-order valence-electron chi connectivity index (χ2n) is 5.95. The molecule has 7 heteroatoms. The first-order chi connectivity index (χ1) is 12.8. The summed E-state index contributed by atoms with van der Waals surface area (Å²) in [5.41, 5.74) is 2.70. The lowest BCUT2D eigenvalue weighted by molar-refractivity contribution is 0.0949. The summed E-state index contributed by atoms with van der Waals surface area (Å²) >= 11 is 0. The zero-order valence-corrected chi connectivity index (χ0v) is 14.1. The minimum atomic E-state index is -0.145. The molecule has 2 aromatic carbocycles. The normalized spacial score (nSPS) is 12.6. The molecule has 0 radical (unpaired) electrons. The van der Waals surface area contributed by atoms with Gasteiger partial charge < -0.3 is 14.8 Å². The van der Waals surface area contributed by atoms with Gasteiger partial charge >= 0.3 is 0 Å². The number of amides is 1. The van der Waals surface area contributed by atoms with Gasteiger partial charge in [-0.25, -0.2) is 9.67 Å². The van der Waals surface area contributed by atoms with E-state index in [0.717, 1.165) is 11.1 Å². The lowest BCUT2D eigenvalue weighted by Crippen LogP contribution is -2.23. The number of ether oxygens (including phenoxy) is 2. The van der Waals surface area contributed by atoms with E-state index in [2.05, 4.69) is 15.4 Å². The van der Waals surface area contributed by atoms with Crippen molar-refractivity contribution in [3.05, 3.63) is 71.8 Å². The molecule has 1 aliphatic rings. The molecule has 1 aromatic heterocycles. The maximum Gasteiger partial charge on any atom is 0.251 e. The predicted molar refractivity (Wildman–Crippen MR) is 94.2 cm³/mol. The zero-order valence-electron chi connectivity index (χ0n) is 14.1. The van der Waals surface area contributed by atoms with Crippen molar-refractivity contribution in [2.75, 3.05) is 13.2 Å². The molecule has 0 bridgehead atoms. The first-order valence-electron chi connectivity index (χ1n) is 8.36. The van der Waals surface area contributed by atoms with Crippen LogP contribution in [0.2, 0.25) is 0 Å². The van der Waals surface area contributed by atoms with Crippen LogP contribution in [-0.2, 0) is 13.1 Å². The second kappa shape index (κ2) is 7.26. The second-order valence-corrected chi connectivity index (χ2v) is 5.95. The van der Waals surface area contributed by atoms with Crippen LogP contribution in [0.1, 0.15) is 21.5 Å². The molecule has 1 N–H and O–H groups in total. The van der Waals surface area contributed by atoms with E-state index < -0.39 is 0 Å². The molecule has 0 fully saturated rings. The smallest absolute Gasteiger partial charge is 0.251 e. The molecule has 26 heavy (non-hydrogen) atoms. The van der Waals surface area contributed by atoms with Gasteiger partial charge in [-0.05, 0) is 29.3 Å². The van der Waals surface area contributed by atoms with Crippen LogP contribution in [0.25, 0.3) is 0 Å². The SMILES string of the molecule is O=C(NCc1ccc(Cn2cncn2)cc1)c1ccc2c(c1)OCCO2. The molecule has 1 aliphatic heterocycles. The molecule has 0 aliphatic carbocycles. The molecule has 1 amide bonds. The van der Waals surface area contributed by atoms with Gasteiger partial charge in [-0.15, -0.1) is 0 Å². The summed E-state index contributed by atoms with van der Waals surface area (Å²) in [7, 11) is 0. The Balaban J connectivity index is 1.35. The van der Waals surface area contributed by atoms with E-state index in [0.29, 0.717) is 43.4 Å². The monoisotopic (exact) mass is 350 g/mol. The molecule has 0 atom stereocenters. The Hall–Kier alpha value is -3.35. The lowest BCUT2D eigenvalue weighted by Gasteiger charge is -2.18. The summed E-state index contributed by atoms with van der Waals surface area (Å²) in [6.45, 7) is 2.16. The minimum absolute atomic E-state index is 0.145. The summed E-state index contributed by atoms with van der Waals surface area (Å²) < 4.78 is 12.7. The van der Waals surface area contributed by atoms with Crippen LogP contribution in [0.15, 0.2) is 55.1 Å². The lowest BCUT2D eigenvalue weighted by atomic mass is 10.1. The fourth-order valence-electron chi connectivity index (χ4n) is 2.73. The van der Waals surface area contributed by atoms with Gasteiger partial charge in [0.1, 0.15) is 25.9 Å². The Bertz CT molecular complexity index is 892. The van der Waals surface area contributed by atoms with Crippen molar-refractivity contribution in [3.63, 3.8) is 0 Å². The van der Waals surface area contributed by atoms with Gasteiger partial charge in [0.2, 0.25) is 0 Å². The van der Waals surface area contributed by atoms with E-state index in [4.69, 9.17) is 9.47 Å². The minimum Gasteiger partial charge on any atom is -0.486 e. The van der Waals surface area contributed by atoms with Gasteiger partial charge in [0.15, 0.2) is 11.5 Å². The van der Waals surface area contributed by atoms with Gasteiger partial charge in [0, 0.05) is 12.1 Å². The van der Waals surface area contributed by atoms with Gasteiger partial charge in [0.25, 0.3) is 5.91 Å². The molecular formula is C19H18N4O3. The number of aromatic nitrogens is 3. The van der Waals surface area contributed by atoms with E-state index in [1.54, 1.807) is 29.2 Å². The Morgan fingerprint density at radius 1 is 1.04 bits per heavy atom. The molecule has 2 heterocycles. The molecule has 7 nitrogen and oxygen atoms in total. The van der Waals surface area contributed by atoms with Gasteiger partial charge in [-0.3, -0.25) is 4.79 Å². The van der Waals surface area contributed by atoms with Crippen LogP contribution in [0.3, 0.4) is 0 Å². The fourth-order valence-corrected chi connectivity index (χ4v) is 2.73. The summed E-state index contributed by atoms with van der Waals surface area (Å²) in [6, 6.07) is 13.3. The highest BCUT2D eigenvalue weighted by atomic mass is 16.6. The van der Waals surface area contributed by atoms with Crippen LogP contribution in [0.5, 0.6) is 11.5 Å². The fraction of sp³-hybridized carbons (Fsp3) is 0.211.